The zero-order chi connectivity index (χ0) is 12.8. The molecule has 0 fully saturated rings. The fraction of sp³-hybridized carbons (Fsp3) is 0.167. The SMILES string of the molecule is C/C(=N/NC(=S)NCc1ccco1)c1ccco1. The Morgan fingerprint density at radius 3 is 2.72 bits per heavy atom. The molecule has 0 unspecified atom stereocenters. The van der Waals surface area contributed by atoms with E-state index >= 15 is 0 Å². The monoisotopic (exact) mass is 263 g/mol. The van der Waals surface area contributed by atoms with Crippen molar-refractivity contribution >= 4 is 23.0 Å². The smallest absolute Gasteiger partial charge is 0.187 e. The molecule has 0 atom stereocenters. The fourth-order valence-corrected chi connectivity index (χ4v) is 1.41. The van der Waals surface area contributed by atoms with Crippen LogP contribution in [0.1, 0.15) is 18.4 Å². The van der Waals surface area contributed by atoms with Gasteiger partial charge in [0.1, 0.15) is 17.2 Å². The first-order valence-electron chi connectivity index (χ1n) is 5.40. The third kappa shape index (κ3) is 3.46. The molecule has 0 bridgehead atoms. The Bertz CT molecular complexity index is 518. The van der Waals surface area contributed by atoms with E-state index in [0.29, 0.717) is 17.4 Å². The number of thiocarbonyl (C=S) groups is 1. The molecule has 2 N–H and O–H groups in total. The molecule has 18 heavy (non-hydrogen) atoms. The second kappa shape index (κ2) is 6.02. The number of nitrogens with zero attached hydrogens (tertiary/aromatic N) is 1. The molecule has 94 valence electrons. The van der Waals surface area contributed by atoms with Gasteiger partial charge in [-0.1, -0.05) is 0 Å². The van der Waals surface area contributed by atoms with E-state index in [1.54, 1.807) is 12.5 Å². The predicted octanol–water partition coefficient (Wildman–Crippen LogP) is 2.26. The van der Waals surface area contributed by atoms with Crippen LogP contribution in [0.15, 0.2) is 50.7 Å². The lowest BCUT2D eigenvalue weighted by Crippen LogP contribution is -2.31. The molecule has 0 radical (unpaired) electrons. The molecule has 2 aromatic rings. The van der Waals surface area contributed by atoms with E-state index < -0.39 is 0 Å². The molecule has 2 aromatic heterocycles. The van der Waals surface area contributed by atoms with Crippen LogP contribution in [0.25, 0.3) is 0 Å². The van der Waals surface area contributed by atoms with Crippen molar-refractivity contribution < 1.29 is 8.83 Å². The Balaban J connectivity index is 1.79. The van der Waals surface area contributed by atoms with E-state index in [4.69, 9.17) is 21.1 Å². The normalized spacial score (nSPS) is 11.3. The second-order valence-corrected chi connectivity index (χ2v) is 3.96. The largest absolute Gasteiger partial charge is 0.467 e. The van der Waals surface area contributed by atoms with Gasteiger partial charge in [0.25, 0.3) is 0 Å². The van der Waals surface area contributed by atoms with E-state index in [2.05, 4.69) is 15.8 Å². The Morgan fingerprint density at radius 2 is 2.06 bits per heavy atom. The average Bonchev–Trinajstić information content (AvgIpc) is 3.05. The standard InChI is InChI=1S/C12H13N3O2S/c1-9(11-5-3-7-17-11)14-15-12(18)13-8-10-4-2-6-16-10/h2-7H,8H2,1H3,(H2,13,15,18)/b14-9-. The van der Waals surface area contributed by atoms with Crippen LogP contribution in [0.5, 0.6) is 0 Å². The number of hydrazone groups is 1. The van der Waals surface area contributed by atoms with Gasteiger partial charge in [-0.25, -0.2) is 0 Å². The molecule has 0 aliphatic rings. The summed E-state index contributed by atoms with van der Waals surface area (Å²) in [6.45, 7) is 2.36. The molecule has 0 aliphatic heterocycles. The molecule has 5 nitrogen and oxygen atoms in total. The van der Waals surface area contributed by atoms with Crippen molar-refractivity contribution in [2.24, 2.45) is 5.10 Å². The number of hydrogen-bond donors (Lipinski definition) is 2. The van der Waals surface area contributed by atoms with Crippen molar-refractivity contribution in [1.29, 1.82) is 0 Å². The summed E-state index contributed by atoms with van der Waals surface area (Å²) in [6.07, 6.45) is 3.22. The molecular weight excluding hydrogens is 250 g/mol. The minimum absolute atomic E-state index is 0.428. The molecule has 0 aliphatic carbocycles. The number of nitrogens with one attached hydrogen (secondary N) is 2. The number of furan rings is 2. The maximum atomic E-state index is 5.20. The van der Waals surface area contributed by atoms with Crippen LogP contribution in [0.4, 0.5) is 0 Å². The Labute approximate surface area is 110 Å². The molecular formula is C12H13N3O2S. The van der Waals surface area contributed by atoms with Crippen molar-refractivity contribution in [3.05, 3.63) is 48.3 Å². The van der Waals surface area contributed by atoms with Gasteiger partial charge >= 0.3 is 0 Å². The molecule has 0 saturated heterocycles. The summed E-state index contributed by atoms with van der Waals surface area (Å²) in [4.78, 5) is 0. The third-order valence-corrected chi connectivity index (χ3v) is 2.44. The van der Waals surface area contributed by atoms with Crippen LogP contribution in [0, 0.1) is 0 Å². The summed E-state index contributed by atoms with van der Waals surface area (Å²) in [5.74, 6) is 1.52. The predicted molar refractivity (Wildman–Crippen MR) is 72.2 cm³/mol. The molecule has 0 spiro atoms. The van der Waals surface area contributed by atoms with Crippen LogP contribution in [0.2, 0.25) is 0 Å². The highest BCUT2D eigenvalue weighted by Crippen LogP contribution is 2.01. The van der Waals surface area contributed by atoms with Crippen LogP contribution >= 0.6 is 12.2 Å². The summed E-state index contributed by atoms with van der Waals surface area (Å²) in [7, 11) is 0. The summed E-state index contributed by atoms with van der Waals surface area (Å²) in [5, 5.41) is 7.51. The lowest BCUT2D eigenvalue weighted by Gasteiger charge is -2.05. The number of hydrogen-bond acceptors (Lipinski definition) is 4. The molecule has 0 amide bonds. The van der Waals surface area contributed by atoms with Gasteiger partial charge < -0.3 is 14.2 Å². The molecule has 6 heteroatoms. The first-order valence-corrected chi connectivity index (χ1v) is 5.81. The average molecular weight is 263 g/mol. The summed E-state index contributed by atoms with van der Waals surface area (Å²) < 4.78 is 10.4. The fourth-order valence-electron chi connectivity index (χ4n) is 1.29. The van der Waals surface area contributed by atoms with Gasteiger partial charge in [0, 0.05) is 0 Å². The quantitative estimate of drug-likeness (QED) is 0.503. The maximum absolute atomic E-state index is 5.20. The van der Waals surface area contributed by atoms with Gasteiger partial charge in [-0.15, -0.1) is 0 Å². The van der Waals surface area contributed by atoms with E-state index in [-0.39, 0.29) is 0 Å². The van der Waals surface area contributed by atoms with Crippen LogP contribution in [-0.2, 0) is 6.54 Å². The summed E-state index contributed by atoms with van der Waals surface area (Å²) in [6, 6.07) is 7.33. The lowest BCUT2D eigenvalue weighted by atomic mass is 10.3. The van der Waals surface area contributed by atoms with Gasteiger partial charge in [-0.3, -0.25) is 5.43 Å². The minimum Gasteiger partial charge on any atom is -0.467 e. The molecule has 0 saturated carbocycles. The van der Waals surface area contributed by atoms with Gasteiger partial charge in [0.2, 0.25) is 0 Å². The maximum Gasteiger partial charge on any atom is 0.187 e. The Kier molecular flexibility index (Phi) is 4.14. The highest BCUT2D eigenvalue weighted by molar-refractivity contribution is 7.80. The Hall–Kier alpha value is -2.08. The van der Waals surface area contributed by atoms with Crippen molar-refractivity contribution in [3.63, 3.8) is 0 Å². The van der Waals surface area contributed by atoms with E-state index in [0.717, 1.165) is 11.5 Å². The van der Waals surface area contributed by atoms with Gasteiger partial charge in [-0.05, 0) is 43.4 Å². The highest BCUT2D eigenvalue weighted by Gasteiger charge is 2.01. The topological polar surface area (TPSA) is 62.7 Å². The first kappa shape index (κ1) is 12.4. The third-order valence-electron chi connectivity index (χ3n) is 2.21. The van der Waals surface area contributed by atoms with Gasteiger partial charge in [0.05, 0.1) is 19.1 Å². The first-order chi connectivity index (χ1) is 8.75. The summed E-state index contributed by atoms with van der Waals surface area (Å²) in [5.41, 5.74) is 3.46. The molecule has 0 aromatic carbocycles. The Morgan fingerprint density at radius 1 is 1.28 bits per heavy atom. The van der Waals surface area contributed by atoms with E-state index in [1.807, 2.05) is 31.2 Å². The number of rotatable bonds is 4. The van der Waals surface area contributed by atoms with Crippen molar-refractivity contribution in [3.8, 4) is 0 Å². The van der Waals surface area contributed by atoms with Crippen molar-refractivity contribution in [2.45, 2.75) is 13.5 Å². The van der Waals surface area contributed by atoms with Crippen LogP contribution < -0.4 is 10.7 Å². The van der Waals surface area contributed by atoms with Crippen molar-refractivity contribution in [2.75, 3.05) is 0 Å². The van der Waals surface area contributed by atoms with Crippen molar-refractivity contribution in [1.82, 2.24) is 10.7 Å². The summed E-state index contributed by atoms with van der Waals surface area (Å²) >= 11 is 5.07. The van der Waals surface area contributed by atoms with Crippen LogP contribution in [-0.4, -0.2) is 10.8 Å². The molecule has 2 heterocycles. The van der Waals surface area contributed by atoms with Gasteiger partial charge in [-0.2, -0.15) is 5.10 Å². The second-order valence-electron chi connectivity index (χ2n) is 3.55. The zero-order valence-corrected chi connectivity index (χ0v) is 10.7. The molecule has 2 rings (SSSR count). The van der Waals surface area contributed by atoms with E-state index in [1.165, 1.54) is 0 Å². The van der Waals surface area contributed by atoms with Gasteiger partial charge in [0.15, 0.2) is 5.11 Å². The lowest BCUT2D eigenvalue weighted by molar-refractivity contribution is 0.502. The van der Waals surface area contributed by atoms with E-state index in [9.17, 15) is 0 Å². The van der Waals surface area contributed by atoms with Crippen LogP contribution in [0.3, 0.4) is 0 Å². The minimum atomic E-state index is 0.428. The highest BCUT2D eigenvalue weighted by atomic mass is 32.1. The zero-order valence-electron chi connectivity index (χ0n) is 9.84.